The molecule has 1 N–H and O–H groups in total. The highest BCUT2D eigenvalue weighted by Gasteiger charge is 2.26. The van der Waals surface area contributed by atoms with Crippen molar-refractivity contribution >= 4 is 17.4 Å². The first-order chi connectivity index (χ1) is 20.3. The first kappa shape index (κ1) is 30.2. The lowest BCUT2D eigenvalue weighted by Crippen LogP contribution is -2.40. The first-order valence-corrected chi connectivity index (χ1v) is 15.4. The number of benzene rings is 2. The lowest BCUT2D eigenvalue weighted by atomic mass is 9.92. The average Bonchev–Trinajstić information content (AvgIpc) is 2.99. The number of hydrogen-bond acceptors (Lipinski definition) is 6. The van der Waals surface area contributed by atoms with Gasteiger partial charge in [-0.05, 0) is 80.5 Å². The zero-order valence-corrected chi connectivity index (χ0v) is 25.6. The molecule has 3 aliphatic rings. The lowest BCUT2D eigenvalue weighted by molar-refractivity contribution is -0.115. The second kappa shape index (κ2) is 13.8. The second-order valence-electron chi connectivity index (χ2n) is 11.8. The number of ether oxygens (including phenoxy) is 2. The Kier molecular flexibility index (Phi) is 9.93. The van der Waals surface area contributed by atoms with Gasteiger partial charge in [0.1, 0.15) is 0 Å². The molecule has 0 atom stereocenters. The third-order valence-corrected chi connectivity index (χ3v) is 8.84. The van der Waals surface area contributed by atoms with E-state index in [2.05, 4.69) is 52.4 Å². The van der Waals surface area contributed by atoms with Gasteiger partial charge in [-0.1, -0.05) is 35.9 Å². The van der Waals surface area contributed by atoms with Crippen molar-refractivity contribution in [3.8, 4) is 11.1 Å². The first-order valence-electron chi connectivity index (χ1n) is 15.4. The summed E-state index contributed by atoms with van der Waals surface area (Å²) in [6.07, 6.45) is 4.40. The average molecular weight is 572 g/mol. The number of carbonyl (C=O) groups is 2. The molecule has 0 bridgehead atoms. The molecule has 42 heavy (non-hydrogen) atoms. The van der Waals surface area contributed by atoms with Crippen LogP contribution in [0.3, 0.4) is 0 Å². The van der Waals surface area contributed by atoms with Crippen molar-refractivity contribution < 1.29 is 19.1 Å². The number of morpholine rings is 1. The Bertz CT molecular complexity index is 1350. The van der Waals surface area contributed by atoms with Crippen LogP contribution in [0.1, 0.15) is 61.5 Å². The number of allylic oxidation sites excluding steroid dienone is 3. The Balaban J connectivity index is 1.45. The number of hydrogen-bond donors (Lipinski definition) is 1. The molecule has 2 heterocycles. The number of Topliss-reactive ketones (excluding diaryl/α,β-unsaturated/α-hetero) is 1. The van der Waals surface area contributed by atoms with Gasteiger partial charge in [-0.25, -0.2) is 0 Å². The molecule has 0 radical (unpaired) electrons. The van der Waals surface area contributed by atoms with Gasteiger partial charge in [-0.3, -0.25) is 14.5 Å². The van der Waals surface area contributed by atoms with E-state index >= 15 is 0 Å². The van der Waals surface area contributed by atoms with Gasteiger partial charge in [0.05, 0.1) is 13.2 Å². The van der Waals surface area contributed by atoms with Crippen LogP contribution < -0.4 is 10.2 Å². The second-order valence-corrected chi connectivity index (χ2v) is 11.8. The van der Waals surface area contributed by atoms with E-state index in [4.69, 9.17) is 9.47 Å². The summed E-state index contributed by atoms with van der Waals surface area (Å²) in [5, 5.41) is 3.08. The summed E-state index contributed by atoms with van der Waals surface area (Å²) in [5.74, 6) is -0.0604. The van der Waals surface area contributed by atoms with Crippen LogP contribution in [0.25, 0.3) is 11.1 Å². The highest BCUT2D eigenvalue weighted by molar-refractivity contribution is 6.02. The Morgan fingerprint density at radius 2 is 1.67 bits per heavy atom. The number of ketones is 1. The number of nitrogens with one attached hydrogen (secondary N) is 1. The smallest absolute Gasteiger partial charge is 0.251 e. The quantitative estimate of drug-likeness (QED) is 0.431. The molecule has 2 fully saturated rings. The SMILES string of the molecule is CCN(c1cc(-c2ccc(CN3CCOCC3)cc2)cc(C(=O)NCC2=C(C)C=C(C)CC2=O)c1C)C1CCOCC1. The van der Waals surface area contributed by atoms with Gasteiger partial charge in [0.2, 0.25) is 0 Å². The monoisotopic (exact) mass is 571 g/mol. The Morgan fingerprint density at radius 3 is 2.33 bits per heavy atom. The molecule has 224 valence electrons. The zero-order valence-electron chi connectivity index (χ0n) is 25.6. The van der Waals surface area contributed by atoms with E-state index in [0.29, 0.717) is 23.6 Å². The fourth-order valence-corrected chi connectivity index (χ4v) is 6.43. The summed E-state index contributed by atoms with van der Waals surface area (Å²) in [5.41, 5.74) is 8.77. The summed E-state index contributed by atoms with van der Waals surface area (Å²) < 4.78 is 11.2. The van der Waals surface area contributed by atoms with Crippen LogP contribution in [0.5, 0.6) is 0 Å². The third-order valence-electron chi connectivity index (χ3n) is 8.84. The number of rotatable bonds is 9. The van der Waals surface area contributed by atoms with Crippen LogP contribution in [-0.2, 0) is 20.8 Å². The fraction of sp³-hybridized carbons (Fsp3) is 0.486. The van der Waals surface area contributed by atoms with Gasteiger partial charge in [-0.2, -0.15) is 0 Å². The fourth-order valence-electron chi connectivity index (χ4n) is 6.43. The molecule has 2 aliphatic heterocycles. The molecule has 5 rings (SSSR count). The van der Waals surface area contributed by atoms with Crippen LogP contribution in [0, 0.1) is 6.92 Å². The van der Waals surface area contributed by atoms with Gasteiger partial charge in [0.15, 0.2) is 5.78 Å². The molecule has 1 aliphatic carbocycles. The van der Waals surface area contributed by atoms with E-state index in [9.17, 15) is 9.59 Å². The van der Waals surface area contributed by atoms with Gasteiger partial charge < -0.3 is 19.7 Å². The molecule has 0 aromatic heterocycles. The van der Waals surface area contributed by atoms with E-state index < -0.39 is 0 Å². The largest absolute Gasteiger partial charge is 0.381 e. The number of nitrogens with zero attached hydrogens (tertiary/aromatic N) is 2. The van der Waals surface area contributed by atoms with Crippen molar-refractivity contribution in [2.24, 2.45) is 0 Å². The van der Waals surface area contributed by atoms with Gasteiger partial charge >= 0.3 is 0 Å². The number of amides is 1. The van der Waals surface area contributed by atoms with Crippen molar-refractivity contribution in [3.05, 3.63) is 75.9 Å². The van der Waals surface area contributed by atoms with Gasteiger partial charge in [0, 0.05) is 75.2 Å². The highest BCUT2D eigenvalue weighted by Crippen LogP contribution is 2.34. The summed E-state index contributed by atoms with van der Waals surface area (Å²) >= 11 is 0. The van der Waals surface area contributed by atoms with Crippen LogP contribution >= 0.6 is 0 Å². The van der Waals surface area contributed by atoms with Crippen molar-refractivity contribution in [2.45, 2.75) is 59.5 Å². The maximum absolute atomic E-state index is 13.8. The zero-order chi connectivity index (χ0) is 29.6. The molecule has 2 saturated heterocycles. The van der Waals surface area contributed by atoms with Crippen LogP contribution in [0.4, 0.5) is 5.69 Å². The maximum Gasteiger partial charge on any atom is 0.251 e. The van der Waals surface area contributed by atoms with Gasteiger partial charge in [0.25, 0.3) is 5.91 Å². The van der Waals surface area contributed by atoms with E-state index in [1.165, 1.54) is 5.56 Å². The molecule has 0 spiro atoms. The van der Waals surface area contributed by atoms with Gasteiger partial charge in [-0.15, -0.1) is 0 Å². The molecule has 1 amide bonds. The molecular formula is C35H45N3O4. The molecule has 2 aromatic carbocycles. The van der Waals surface area contributed by atoms with E-state index in [1.54, 1.807) is 0 Å². The number of carbonyl (C=O) groups excluding carboxylic acids is 2. The minimum absolute atomic E-state index is 0.0906. The number of anilines is 1. The van der Waals surface area contributed by atoms with Crippen LogP contribution in [0.2, 0.25) is 0 Å². The highest BCUT2D eigenvalue weighted by atomic mass is 16.5. The van der Waals surface area contributed by atoms with E-state index in [1.807, 2.05) is 32.9 Å². The van der Waals surface area contributed by atoms with Crippen LogP contribution in [0.15, 0.2) is 59.2 Å². The van der Waals surface area contributed by atoms with Crippen molar-refractivity contribution in [2.75, 3.05) is 57.5 Å². The molecule has 7 heteroatoms. The molecule has 0 unspecified atom stereocenters. The minimum atomic E-state index is -0.151. The lowest BCUT2D eigenvalue weighted by Gasteiger charge is -2.37. The predicted molar refractivity (Wildman–Crippen MR) is 168 cm³/mol. The van der Waals surface area contributed by atoms with Crippen molar-refractivity contribution in [1.82, 2.24) is 10.2 Å². The maximum atomic E-state index is 13.8. The summed E-state index contributed by atoms with van der Waals surface area (Å²) in [6.45, 7) is 15.1. The Hall–Kier alpha value is -3.26. The summed E-state index contributed by atoms with van der Waals surface area (Å²) in [6, 6.07) is 13.3. The van der Waals surface area contributed by atoms with E-state index in [-0.39, 0.29) is 18.2 Å². The normalized spacial score (nSPS) is 18.7. The third kappa shape index (κ3) is 7.02. The molecule has 7 nitrogen and oxygen atoms in total. The summed E-state index contributed by atoms with van der Waals surface area (Å²) in [4.78, 5) is 31.3. The molecular weight excluding hydrogens is 526 g/mol. The summed E-state index contributed by atoms with van der Waals surface area (Å²) in [7, 11) is 0. The van der Waals surface area contributed by atoms with E-state index in [0.717, 1.165) is 99.0 Å². The molecule has 0 saturated carbocycles. The standard InChI is InChI=1S/C35H45N3O4/c1-5-38(30-10-14-41-15-11-30)33-21-29(28-8-6-27(7-9-28)23-37-12-16-42-17-13-37)20-31(26(33)4)35(40)36-22-32-25(3)18-24(2)19-34(32)39/h6-9,18,20-21,30H,5,10-17,19,22-23H2,1-4H3,(H,36,40). The minimum Gasteiger partial charge on any atom is -0.381 e. The molecule has 2 aromatic rings. The van der Waals surface area contributed by atoms with Crippen molar-refractivity contribution in [3.63, 3.8) is 0 Å². The topological polar surface area (TPSA) is 71.1 Å². The predicted octanol–water partition coefficient (Wildman–Crippen LogP) is 5.46. The van der Waals surface area contributed by atoms with Crippen LogP contribution in [-0.4, -0.2) is 75.2 Å². The van der Waals surface area contributed by atoms with Crippen molar-refractivity contribution in [1.29, 1.82) is 0 Å². The Labute approximate surface area is 250 Å². The Morgan fingerprint density at radius 1 is 0.976 bits per heavy atom.